The van der Waals surface area contributed by atoms with Crippen LogP contribution in [-0.2, 0) is 6.54 Å². The van der Waals surface area contributed by atoms with Gasteiger partial charge in [-0.15, -0.1) is 5.10 Å². The first kappa shape index (κ1) is 16.1. The van der Waals surface area contributed by atoms with Crippen molar-refractivity contribution in [1.29, 1.82) is 0 Å². The van der Waals surface area contributed by atoms with Gasteiger partial charge in [-0.25, -0.2) is 0 Å². The first-order valence-corrected chi connectivity index (χ1v) is 8.88. The lowest BCUT2D eigenvalue weighted by atomic mass is 9.96. The predicted molar refractivity (Wildman–Crippen MR) is 91.9 cm³/mol. The molecule has 124 valence electrons. The molecule has 1 fully saturated rings. The molecule has 1 aliphatic heterocycles. The highest BCUT2D eigenvalue weighted by atomic mass is 15.4. The molecule has 5 heteroatoms. The van der Waals surface area contributed by atoms with Gasteiger partial charge in [0.05, 0.1) is 6.20 Å². The lowest BCUT2D eigenvalue weighted by molar-refractivity contribution is 0.168. The maximum Gasteiger partial charge on any atom is 0.114 e. The Morgan fingerprint density at radius 3 is 2.83 bits per heavy atom. The summed E-state index contributed by atoms with van der Waals surface area (Å²) < 4.78 is 2.00. The van der Waals surface area contributed by atoms with Crippen molar-refractivity contribution >= 4 is 0 Å². The SMILES string of the molecule is CCCCCN1CCC(Cn2cc(-c3cccnc3)nn2)CC1. The van der Waals surface area contributed by atoms with Gasteiger partial charge < -0.3 is 4.90 Å². The first-order valence-electron chi connectivity index (χ1n) is 8.88. The van der Waals surface area contributed by atoms with E-state index in [1.54, 1.807) is 6.20 Å². The normalized spacial score (nSPS) is 16.7. The van der Waals surface area contributed by atoms with Gasteiger partial charge >= 0.3 is 0 Å². The van der Waals surface area contributed by atoms with Gasteiger partial charge in [-0.1, -0.05) is 25.0 Å². The molecular formula is C18H27N5. The Kier molecular flexibility index (Phi) is 5.75. The Labute approximate surface area is 138 Å². The number of likely N-dealkylation sites (tertiary alicyclic amines) is 1. The number of pyridine rings is 1. The monoisotopic (exact) mass is 313 g/mol. The van der Waals surface area contributed by atoms with Crippen LogP contribution in [-0.4, -0.2) is 44.5 Å². The lowest BCUT2D eigenvalue weighted by Crippen LogP contribution is -2.35. The zero-order valence-corrected chi connectivity index (χ0v) is 14.1. The van der Waals surface area contributed by atoms with Crippen molar-refractivity contribution in [2.24, 2.45) is 5.92 Å². The molecule has 0 amide bonds. The third-order valence-corrected chi connectivity index (χ3v) is 4.73. The molecule has 23 heavy (non-hydrogen) atoms. The van der Waals surface area contributed by atoms with Crippen LogP contribution in [0.4, 0.5) is 0 Å². The van der Waals surface area contributed by atoms with E-state index in [0.29, 0.717) is 0 Å². The molecule has 3 rings (SSSR count). The molecule has 3 heterocycles. The van der Waals surface area contributed by atoms with E-state index in [0.717, 1.165) is 23.7 Å². The van der Waals surface area contributed by atoms with Crippen LogP contribution in [0.2, 0.25) is 0 Å². The smallest absolute Gasteiger partial charge is 0.114 e. The molecule has 0 aromatic carbocycles. The van der Waals surface area contributed by atoms with E-state index >= 15 is 0 Å². The zero-order valence-electron chi connectivity index (χ0n) is 14.1. The average Bonchev–Trinajstić information content (AvgIpc) is 3.06. The number of piperidine rings is 1. The number of aromatic nitrogens is 4. The fourth-order valence-electron chi connectivity index (χ4n) is 3.28. The van der Waals surface area contributed by atoms with Crippen molar-refractivity contribution in [3.63, 3.8) is 0 Å². The molecule has 0 atom stereocenters. The number of hydrogen-bond acceptors (Lipinski definition) is 4. The molecule has 1 aliphatic rings. The molecule has 0 N–H and O–H groups in total. The number of nitrogens with zero attached hydrogens (tertiary/aromatic N) is 5. The Hall–Kier alpha value is -1.75. The van der Waals surface area contributed by atoms with Crippen molar-refractivity contribution in [2.45, 2.75) is 45.6 Å². The molecule has 2 aromatic rings. The Morgan fingerprint density at radius 2 is 2.09 bits per heavy atom. The molecule has 0 bridgehead atoms. The highest BCUT2D eigenvalue weighted by molar-refractivity contribution is 5.55. The maximum absolute atomic E-state index is 4.29. The third kappa shape index (κ3) is 4.61. The van der Waals surface area contributed by atoms with Crippen molar-refractivity contribution in [1.82, 2.24) is 24.9 Å². The summed E-state index contributed by atoms with van der Waals surface area (Å²) in [7, 11) is 0. The van der Waals surface area contributed by atoms with Crippen LogP contribution < -0.4 is 0 Å². The summed E-state index contributed by atoms with van der Waals surface area (Å²) in [6.45, 7) is 6.99. The minimum atomic E-state index is 0.723. The summed E-state index contributed by atoms with van der Waals surface area (Å²) in [5, 5.41) is 8.57. The summed E-state index contributed by atoms with van der Waals surface area (Å²) in [4.78, 5) is 6.76. The highest BCUT2D eigenvalue weighted by Crippen LogP contribution is 2.20. The summed E-state index contributed by atoms with van der Waals surface area (Å²) in [5.74, 6) is 0.723. The second-order valence-corrected chi connectivity index (χ2v) is 6.56. The molecule has 0 saturated carbocycles. The Balaban J connectivity index is 1.47. The molecular weight excluding hydrogens is 286 g/mol. The molecule has 2 aromatic heterocycles. The van der Waals surface area contributed by atoms with E-state index in [-0.39, 0.29) is 0 Å². The van der Waals surface area contributed by atoms with Gasteiger partial charge in [0, 0.05) is 24.5 Å². The van der Waals surface area contributed by atoms with Crippen LogP contribution in [0.3, 0.4) is 0 Å². The second-order valence-electron chi connectivity index (χ2n) is 6.56. The van der Waals surface area contributed by atoms with Crippen LogP contribution in [0, 0.1) is 5.92 Å². The van der Waals surface area contributed by atoms with E-state index < -0.39 is 0 Å². The fourth-order valence-corrected chi connectivity index (χ4v) is 3.28. The van der Waals surface area contributed by atoms with Gasteiger partial charge in [0.15, 0.2) is 0 Å². The minimum Gasteiger partial charge on any atom is -0.303 e. The van der Waals surface area contributed by atoms with Crippen LogP contribution in [0.1, 0.15) is 39.0 Å². The summed E-state index contributed by atoms with van der Waals surface area (Å²) in [5.41, 5.74) is 1.94. The van der Waals surface area contributed by atoms with Crippen molar-refractivity contribution in [2.75, 3.05) is 19.6 Å². The molecule has 5 nitrogen and oxygen atoms in total. The summed E-state index contributed by atoms with van der Waals surface area (Å²) >= 11 is 0. The maximum atomic E-state index is 4.29. The van der Waals surface area contributed by atoms with Crippen molar-refractivity contribution < 1.29 is 0 Å². The summed E-state index contributed by atoms with van der Waals surface area (Å²) in [6, 6.07) is 3.96. The van der Waals surface area contributed by atoms with Crippen LogP contribution in [0.25, 0.3) is 11.3 Å². The van der Waals surface area contributed by atoms with E-state index in [2.05, 4.69) is 27.1 Å². The second kappa shape index (κ2) is 8.20. The van der Waals surface area contributed by atoms with Gasteiger partial charge in [-0.05, 0) is 56.9 Å². The molecule has 0 unspecified atom stereocenters. The molecule has 0 aliphatic carbocycles. The quantitative estimate of drug-likeness (QED) is 0.736. The number of rotatable bonds is 7. The number of hydrogen-bond donors (Lipinski definition) is 0. The minimum absolute atomic E-state index is 0.723. The molecule has 0 spiro atoms. The topological polar surface area (TPSA) is 46.8 Å². The number of unbranched alkanes of at least 4 members (excludes halogenated alkanes) is 2. The van der Waals surface area contributed by atoms with E-state index in [4.69, 9.17) is 0 Å². The standard InChI is InChI=1S/C18H27N5/c1-2-3-4-10-22-11-7-16(8-12-22)14-23-15-18(20-21-23)17-6-5-9-19-13-17/h5-6,9,13,15-16H,2-4,7-8,10-12,14H2,1H3. The molecule has 1 saturated heterocycles. The Bertz CT molecular complexity index is 572. The van der Waals surface area contributed by atoms with Crippen molar-refractivity contribution in [3.05, 3.63) is 30.7 Å². The van der Waals surface area contributed by atoms with Crippen LogP contribution in [0.15, 0.2) is 30.7 Å². The largest absolute Gasteiger partial charge is 0.303 e. The van der Waals surface area contributed by atoms with Gasteiger partial charge in [0.2, 0.25) is 0 Å². The Morgan fingerprint density at radius 1 is 1.22 bits per heavy atom. The third-order valence-electron chi connectivity index (χ3n) is 4.73. The van der Waals surface area contributed by atoms with Crippen LogP contribution in [0.5, 0.6) is 0 Å². The van der Waals surface area contributed by atoms with Crippen LogP contribution >= 0.6 is 0 Å². The van der Waals surface area contributed by atoms with Gasteiger partial charge in [0.1, 0.15) is 5.69 Å². The van der Waals surface area contributed by atoms with E-state index in [9.17, 15) is 0 Å². The average molecular weight is 313 g/mol. The highest BCUT2D eigenvalue weighted by Gasteiger charge is 2.19. The van der Waals surface area contributed by atoms with Gasteiger partial charge in [-0.2, -0.15) is 0 Å². The van der Waals surface area contributed by atoms with E-state index in [1.165, 1.54) is 51.7 Å². The zero-order chi connectivity index (χ0) is 15.9. The fraction of sp³-hybridized carbons (Fsp3) is 0.611. The summed E-state index contributed by atoms with van der Waals surface area (Å²) in [6.07, 6.45) is 12.2. The lowest BCUT2D eigenvalue weighted by Gasteiger charge is -2.31. The molecule has 0 radical (unpaired) electrons. The first-order chi connectivity index (χ1) is 11.3. The van der Waals surface area contributed by atoms with Gasteiger partial charge in [-0.3, -0.25) is 9.67 Å². The van der Waals surface area contributed by atoms with E-state index in [1.807, 2.05) is 29.2 Å². The van der Waals surface area contributed by atoms with Gasteiger partial charge in [0.25, 0.3) is 0 Å². The predicted octanol–water partition coefficient (Wildman–Crippen LogP) is 3.24. The van der Waals surface area contributed by atoms with Crippen molar-refractivity contribution in [3.8, 4) is 11.3 Å².